The van der Waals surface area contributed by atoms with Gasteiger partial charge in [-0.05, 0) is 50.5 Å². The average Bonchev–Trinajstić information content (AvgIpc) is 2.35. The van der Waals surface area contributed by atoms with Gasteiger partial charge in [0.05, 0.1) is 6.10 Å². The molecule has 0 aliphatic carbocycles. The van der Waals surface area contributed by atoms with Crippen LogP contribution in [0, 0.1) is 5.92 Å². The van der Waals surface area contributed by atoms with Gasteiger partial charge in [-0.25, -0.2) is 0 Å². The molecule has 0 spiro atoms. The highest BCUT2D eigenvalue weighted by molar-refractivity contribution is 5.48. The van der Waals surface area contributed by atoms with Crippen molar-refractivity contribution in [2.45, 2.75) is 33.3 Å². The van der Waals surface area contributed by atoms with E-state index in [2.05, 4.69) is 31.0 Å². The molecule has 1 atom stereocenters. The fourth-order valence-electron chi connectivity index (χ4n) is 1.86. The average molecular weight is 251 g/mol. The van der Waals surface area contributed by atoms with Gasteiger partial charge in [0, 0.05) is 25.9 Å². The van der Waals surface area contributed by atoms with Crippen molar-refractivity contribution in [1.82, 2.24) is 0 Å². The molecule has 0 aromatic heterocycles. The number of anilines is 1. The molecular weight excluding hydrogens is 226 g/mol. The first kappa shape index (κ1) is 14.8. The van der Waals surface area contributed by atoms with Crippen molar-refractivity contribution in [3.8, 4) is 5.75 Å². The number of aliphatic hydroxyl groups excluding tert-OH is 1. The summed E-state index contributed by atoms with van der Waals surface area (Å²) in [5.41, 5.74) is 1.15. The predicted molar refractivity (Wildman–Crippen MR) is 76.3 cm³/mol. The van der Waals surface area contributed by atoms with Crippen LogP contribution in [0.25, 0.3) is 0 Å². The van der Waals surface area contributed by atoms with Crippen molar-refractivity contribution in [3.63, 3.8) is 0 Å². The first-order valence-electron chi connectivity index (χ1n) is 6.65. The number of hydrogen-bond donors (Lipinski definition) is 1. The summed E-state index contributed by atoms with van der Waals surface area (Å²) >= 11 is 0. The molecule has 0 saturated heterocycles. The minimum atomic E-state index is 0.201. The normalized spacial score (nSPS) is 12.6. The van der Waals surface area contributed by atoms with Gasteiger partial charge in [-0.1, -0.05) is 6.92 Å². The largest absolute Gasteiger partial charge is 0.491 e. The summed E-state index contributed by atoms with van der Waals surface area (Å²) in [5.74, 6) is 1.23. The summed E-state index contributed by atoms with van der Waals surface area (Å²) in [7, 11) is 2.05. The molecule has 0 heterocycles. The van der Waals surface area contributed by atoms with Crippen LogP contribution in [0.5, 0.6) is 5.75 Å². The molecule has 3 heteroatoms. The van der Waals surface area contributed by atoms with E-state index in [1.54, 1.807) is 0 Å². The van der Waals surface area contributed by atoms with Crippen molar-refractivity contribution in [3.05, 3.63) is 24.3 Å². The number of rotatable bonds is 7. The highest BCUT2D eigenvalue weighted by atomic mass is 16.5. The number of ether oxygens (including phenoxy) is 1. The third-order valence-corrected chi connectivity index (χ3v) is 3.02. The van der Waals surface area contributed by atoms with Crippen LogP contribution in [0.4, 0.5) is 5.69 Å². The molecule has 0 fully saturated rings. The maximum atomic E-state index is 9.22. The Bertz CT molecular complexity index is 331. The molecule has 1 N–H and O–H groups in total. The van der Waals surface area contributed by atoms with Gasteiger partial charge in [0.15, 0.2) is 0 Å². The lowest BCUT2D eigenvalue weighted by Crippen LogP contribution is -2.27. The van der Waals surface area contributed by atoms with Crippen LogP contribution in [-0.4, -0.2) is 31.4 Å². The first-order chi connectivity index (χ1) is 8.56. The zero-order valence-electron chi connectivity index (χ0n) is 11.9. The molecule has 102 valence electrons. The predicted octanol–water partition coefficient (Wildman–Crippen LogP) is 2.93. The summed E-state index contributed by atoms with van der Waals surface area (Å²) in [5, 5.41) is 9.22. The third-order valence-electron chi connectivity index (χ3n) is 3.02. The second-order valence-corrected chi connectivity index (χ2v) is 5.00. The minimum absolute atomic E-state index is 0.201. The van der Waals surface area contributed by atoms with Crippen LogP contribution in [0.3, 0.4) is 0 Å². The maximum Gasteiger partial charge on any atom is 0.119 e. The Balaban J connectivity index is 2.61. The molecule has 0 aliphatic heterocycles. The molecule has 1 unspecified atom stereocenters. The number of benzene rings is 1. The van der Waals surface area contributed by atoms with Gasteiger partial charge in [-0.3, -0.25) is 0 Å². The third kappa shape index (κ3) is 4.57. The van der Waals surface area contributed by atoms with Crippen molar-refractivity contribution in [1.29, 1.82) is 0 Å². The van der Waals surface area contributed by atoms with Gasteiger partial charge < -0.3 is 14.7 Å². The fraction of sp³-hybridized carbons (Fsp3) is 0.600. The Morgan fingerprint density at radius 1 is 1.22 bits per heavy atom. The molecule has 0 radical (unpaired) electrons. The van der Waals surface area contributed by atoms with Gasteiger partial charge in [-0.2, -0.15) is 0 Å². The minimum Gasteiger partial charge on any atom is -0.491 e. The number of nitrogens with zero attached hydrogens (tertiary/aromatic N) is 1. The van der Waals surface area contributed by atoms with Crippen LogP contribution in [-0.2, 0) is 0 Å². The Labute approximate surface area is 110 Å². The Hall–Kier alpha value is -1.22. The molecule has 0 amide bonds. The van der Waals surface area contributed by atoms with Gasteiger partial charge in [0.25, 0.3) is 0 Å². The monoisotopic (exact) mass is 251 g/mol. The van der Waals surface area contributed by atoms with Crippen molar-refractivity contribution in [2.24, 2.45) is 5.92 Å². The van der Waals surface area contributed by atoms with Crippen molar-refractivity contribution in [2.75, 3.05) is 25.1 Å². The van der Waals surface area contributed by atoms with Gasteiger partial charge >= 0.3 is 0 Å². The van der Waals surface area contributed by atoms with E-state index >= 15 is 0 Å². The summed E-state index contributed by atoms with van der Waals surface area (Å²) in [6.07, 6.45) is 1.20. The summed E-state index contributed by atoms with van der Waals surface area (Å²) in [6, 6.07) is 8.10. The zero-order valence-corrected chi connectivity index (χ0v) is 11.9. The van der Waals surface area contributed by atoms with Crippen LogP contribution in [0.2, 0.25) is 0 Å². The van der Waals surface area contributed by atoms with E-state index in [9.17, 15) is 5.11 Å². The molecule has 18 heavy (non-hydrogen) atoms. The standard InChI is InChI=1S/C15H25NO2/c1-5-13(11-17)10-16(4)14-6-8-15(9-7-14)18-12(2)3/h6-9,12-13,17H,5,10-11H2,1-4H3. The van der Waals surface area contributed by atoms with Crippen molar-refractivity contribution < 1.29 is 9.84 Å². The molecule has 0 aliphatic rings. The van der Waals surface area contributed by atoms with E-state index in [0.717, 1.165) is 24.4 Å². The van der Waals surface area contributed by atoms with Gasteiger partial charge in [-0.15, -0.1) is 0 Å². The summed E-state index contributed by atoms with van der Waals surface area (Å²) < 4.78 is 5.61. The molecular formula is C15H25NO2. The van der Waals surface area contributed by atoms with Crippen LogP contribution >= 0.6 is 0 Å². The second kappa shape index (κ2) is 7.27. The van der Waals surface area contributed by atoms with E-state index in [4.69, 9.17) is 4.74 Å². The van der Waals surface area contributed by atoms with Crippen molar-refractivity contribution >= 4 is 5.69 Å². The lowest BCUT2D eigenvalue weighted by Gasteiger charge is -2.24. The van der Waals surface area contributed by atoms with Crippen LogP contribution < -0.4 is 9.64 Å². The smallest absolute Gasteiger partial charge is 0.119 e. The Morgan fingerprint density at radius 2 is 1.83 bits per heavy atom. The van der Waals surface area contributed by atoms with E-state index in [1.165, 1.54) is 0 Å². The number of aliphatic hydroxyl groups is 1. The van der Waals surface area contributed by atoms with E-state index < -0.39 is 0 Å². The SMILES string of the molecule is CCC(CO)CN(C)c1ccc(OC(C)C)cc1. The molecule has 1 rings (SSSR count). The Morgan fingerprint density at radius 3 is 2.28 bits per heavy atom. The Kier molecular flexibility index (Phi) is 5.99. The number of hydrogen-bond acceptors (Lipinski definition) is 3. The molecule has 1 aromatic carbocycles. The summed E-state index contributed by atoms with van der Waals surface area (Å²) in [6.45, 7) is 7.27. The lowest BCUT2D eigenvalue weighted by molar-refractivity contribution is 0.225. The molecule has 0 saturated carbocycles. The van der Waals surface area contributed by atoms with E-state index in [-0.39, 0.29) is 12.7 Å². The molecule has 1 aromatic rings. The van der Waals surface area contributed by atoms with Gasteiger partial charge in [0.1, 0.15) is 5.75 Å². The highest BCUT2D eigenvalue weighted by Crippen LogP contribution is 2.20. The fourth-order valence-corrected chi connectivity index (χ4v) is 1.86. The van der Waals surface area contributed by atoms with E-state index in [0.29, 0.717) is 5.92 Å². The summed E-state index contributed by atoms with van der Waals surface area (Å²) in [4.78, 5) is 2.17. The first-order valence-corrected chi connectivity index (χ1v) is 6.65. The van der Waals surface area contributed by atoms with Crippen LogP contribution in [0.1, 0.15) is 27.2 Å². The molecule has 0 bridgehead atoms. The zero-order chi connectivity index (χ0) is 13.5. The molecule has 3 nitrogen and oxygen atoms in total. The quantitative estimate of drug-likeness (QED) is 0.808. The van der Waals surface area contributed by atoms with Gasteiger partial charge in [0.2, 0.25) is 0 Å². The lowest BCUT2D eigenvalue weighted by atomic mass is 10.1. The highest BCUT2D eigenvalue weighted by Gasteiger charge is 2.09. The maximum absolute atomic E-state index is 9.22. The van der Waals surface area contributed by atoms with E-state index in [1.807, 2.05) is 26.0 Å². The van der Waals surface area contributed by atoms with Crippen LogP contribution in [0.15, 0.2) is 24.3 Å². The topological polar surface area (TPSA) is 32.7 Å². The second-order valence-electron chi connectivity index (χ2n) is 5.00.